The Morgan fingerprint density at radius 1 is 0.587 bits per heavy atom. The molecule has 2 N–H and O–H groups in total. The number of esters is 2. The zero-order valence-corrected chi connectivity index (χ0v) is 29.6. The fourth-order valence-electron chi connectivity index (χ4n) is 4.64. The summed E-state index contributed by atoms with van der Waals surface area (Å²) in [5.41, 5.74) is 0. The molecule has 0 saturated heterocycles. The number of hydrogen-bond acceptors (Lipinski definition) is 6. The zero-order valence-electron chi connectivity index (χ0n) is 29.6. The van der Waals surface area contributed by atoms with Gasteiger partial charge in [0.05, 0.1) is 6.10 Å². The molecule has 0 fully saturated rings. The molecule has 0 aromatic rings. The predicted octanol–water partition coefficient (Wildman–Crippen LogP) is 10.1. The van der Waals surface area contributed by atoms with Crippen molar-refractivity contribution in [3.63, 3.8) is 0 Å². The molecule has 0 aliphatic rings. The highest BCUT2D eigenvalue weighted by atomic mass is 16.6. The monoisotopic (exact) mass is 645 g/mol. The average molecular weight is 645 g/mol. The molecule has 1 unspecified atom stereocenters. The Hall–Kier alpha value is -2.44. The van der Waals surface area contributed by atoms with Gasteiger partial charge in [-0.3, -0.25) is 9.59 Å². The van der Waals surface area contributed by atoms with Gasteiger partial charge in [-0.15, -0.1) is 0 Å². The van der Waals surface area contributed by atoms with Crippen LogP contribution in [-0.2, 0) is 19.1 Å². The number of carbonyl (C=O) groups excluding carboxylic acids is 2. The molecule has 0 aromatic heterocycles. The maximum absolute atomic E-state index is 11.9. The Labute approximate surface area is 282 Å². The van der Waals surface area contributed by atoms with Gasteiger partial charge >= 0.3 is 11.9 Å². The van der Waals surface area contributed by atoms with Gasteiger partial charge in [-0.1, -0.05) is 152 Å². The van der Waals surface area contributed by atoms with E-state index in [1.54, 1.807) is 6.08 Å². The topological polar surface area (TPSA) is 93.1 Å². The van der Waals surface area contributed by atoms with Crippen molar-refractivity contribution in [2.24, 2.45) is 5.92 Å². The highest BCUT2D eigenvalue weighted by Crippen LogP contribution is 2.15. The van der Waals surface area contributed by atoms with Crippen LogP contribution in [0.2, 0.25) is 0 Å². The molecule has 0 spiro atoms. The van der Waals surface area contributed by atoms with E-state index in [-0.39, 0.29) is 31.3 Å². The summed E-state index contributed by atoms with van der Waals surface area (Å²) in [7, 11) is 0. The molecular formula is C40H68O6. The molecule has 0 aliphatic carbocycles. The van der Waals surface area contributed by atoms with E-state index in [1.807, 2.05) is 19.1 Å². The lowest BCUT2D eigenvalue weighted by Gasteiger charge is -2.12. The summed E-state index contributed by atoms with van der Waals surface area (Å²) in [5.74, 6) is 0.217. The molecule has 0 heterocycles. The second kappa shape index (κ2) is 33.9. The lowest BCUT2D eigenvalue weighted by Crippen LogP contribution is -2.25. The van der Waals surface area contributed by atoms with Crippen molar-refractivity contribution in [3.05, 3.63) is 60.8 Å². The number of ether oxygens (including phenoxy) is 2. The summed E-state index contributed by atoms with van der Waals surface area (Å²) in [6.07, 6.45) is 39.3. The molecule has 0 radical (unpaired) electrons. The lowest BCUT2D eigenvalue weighted by molar-refractivity contribution is -0.152. The number of aliphatic hydroxyl groups excluding tert-OH is 2. The van der Waals surface area contributed by atoms with Gasteiger partial charge in [-0.25, -0.2) is 0 Å². The first-order valence-electron chi connectivity index (χ1n) is 18.3. The van der Waals surface area contributed by atoms with Crippen LogP contribution in [-0.4, -0.2) is 47.6 Å². The second-order valence-corrected chi connectivity index (χ2v) is 12.4. The van der Waals surface area contributed by atoms with E-state index in [4.69, 9.17) is 9.47 Å². The molecule has 0 aromatic carbocycles. The first-order valence-corrected chi connectivity index (χ1v) is 18.3. The predicted molar refractivity (Wildman–Crippen MR) is 192 cm³/mol. The molecule has 0 amide bonds. The van der Waals surface area contributed by atoms with Crippen molar-refractivity contribution in [2.45, 2.75) is 161 Å². The minimum Gasteiger partial charge on any atom is -0.463 e. The molecule has 0 aliphatic heterocycles. The van der Waals surface area contributed by atoms with Crippen molar-refractivity contribution >= 4 is 11.9 Å². The van der Waals surface area contributed by atoms with E-state index in [1.165, 1.54) is 57.8 Å². The summed E-state index contributed by atoms with van der Waals surface area (Å²) in [5, 5.41) is 19.4. The maximum Gasteiger partial charge on any atom is 0.305 e. The van der Waals surface area contributed by atoms with E-state index in [0.717, 1.165) is 57.3 Å². The number of aliphatic hydroxyl groups is 2. The number of hydrogen-bond donors (Lipinski definition) is 2. The van der Waals surface area contributed by atoms with Crippen molar-refractivity contribution < 1.29 is 29.3 Å². The fraction of sp³-hybridized carbons (Fsp3) is 0.700. The molecule has 46 heavy (non-hydrogen) atoms. The molecule has 3 atom stereocenters. The summed E-state index contributed by atoms with van der Waals surface area (Å²) in [6.45, 7) is 6.26. The van der Waals surface area contributed by atoms with Crippen LogP contribution in [0, 0.1) is 5.92 Å². The van der Waals surface area contributed by atoms with Crippen molar-refractivity contribution in [1.29, 1.82) is 0 Å². The molecule has 0 rings (SSSR count). The molecule has 6 nitrogen and oxygen atoms in total. The van der Waals surface area contributed by atoms with Gasteiger partial charge in [0, 0.05) is 12.8 Å². The first kappa shape index (κ1) is 43.6. The normalized spacial score (nSPS) is 14.3. The van der Waals surface area contributed by atoms with E-state index in [9.17, 15) is 19.8 Å². The van der Waals surface area contributed by atoms with Crippen LogP contribution >= 0.6 is 0 Å². The zero-order chi connectivity index (χ0) is 33.9. The van der Waals surface area contributed by atoms with Gasteiger partial charge in [0.1, 0.15) is 19.3 Å². The third-order valence-corrected chi connectivity index (χ3v) is 7.97. The van der Waals surface area contributed by atoms with E-state index >= 15 is 0 Å². The molecule has 0 bridgehead atoms. The third-order valence-electron chi connectivity index (χ3n) is 7.97. The van der Waals surface area contributed by atoms with Gasteiger partial charge in [0.25, 0.3) is 0 Å². The Bertz CT molecular complexity index is 856. The highest BCUT2D eigenvalue weighted by Gasteiger charge is 2.12. The summed E-state index contributed by atoms with van der Waals surface area (Å²) >= 11 is 0. The van der Waals surface area contributed by atoms with Crippen LogP contribution in [0.3, 0.4) is 0 Å². The Balaban J connectivity index is 3.60. The SMILES string of the molecule is CCC(C)CCCCCCCCCCCCC(=O)OC[C@@H](O)COC(=O)CCC/C=C\C/C=C\C/C=C\C/C=C\C=C\[C@@H](O)CC. The van der Waals surface area contributed by atoms with E-state index in [0.29, 0.717) is 19.3 Å². The minimum absolute atomic E-state index is 0.144. The highest BCUT2D eigenvalue weighted by molar-refractivity contribution is 5.69. The van der Waals surface area contributed by atoms with Gasteiger partial charge in [-0.05, 0) is 50.9 Å². The van der Waals surface area contributed by atoms with Crippen LogP contribution in [0.1, 0.15) is 149 Å². The fourth-order valence-corrected chi connectivity index (χ4v) is 4.64. The summed E-state index contributed by atoms with van der Waals surface area (Å²) in [4.78, 5) is 23.9. The number of allylic oxidation sites excluding steroid dienone is 9. The quantitative estimate of drug-likeness (QED) is 0.0338. The second-order valence-electron chi connectivity index (χ2n) is 12.4. The van der Waals surface area contributed by atoms with Gasteiger partial charge in [0.2, 0.25) is 0 Å². The van der Waals surface area contributed by atoms with Crippen molar-refractivity contribution in [2.75, 3.05) is 13.2 Å². The number of carbonyl (C=O) groups is 2. The molecule has 6 heteroatoms. The van der Waals surface area contributed by atoms with Crippen LogP contribution in [0.4, 0.5) is 0 Å². The molecule has 0 saturated carbocycles. The van der Waals surface area contributed by atoms with Crippen LogP contribution < -0.4 is 0 Å². The summed E-state index contributed by atoms with van der Waals surface area (Å²) < 4.78 is 10.3. The Kier molecular flexibility index (Phi) is 32.1. The van der Waals surface area contributed by atoms with Crippen molar-refractivity contribution in [1.82, 2.24) is 0 Å². The largest absolute Gasteiger partial charge is 0.463 e. The van der Waals surface area contributed by atoms with Crippen molar-refractivity contribution in [3.8, 4) is 0 Å². The lowest BCUT2D eigenvalue weighted by atomic mass is 9.99. The van der Waals surface area contributed by atoms with Crippen LogP contribution in [0.15, 0.2) is 60.8 Å². The standard InChI is InChI=1S/C40H68O6/c1-4-36(3)30-26-22-18-14-12-13-17-21-25-29-33-40(44)46-35-38(42)34-45-39(43)32-28-24-20-16-11-9-7-6-8-10-15-19-23-27-31-37(41)5-2/h7-10,16,19-20,23,27,31,36-38,41-42H,4-6,11-15,17-18,21-22,24-26,28-30,32-35H2,1-3H3/b9-7-,10-8-,20-16-,23-19-,31-27+/t36?,37-,38-/m0/s1. The average Bonchev–Trinajstić information content (AvgIpc) is 3.06. The van der Waals surface area contributed by atoms with Gasteiger partial charge in [-0.2, -0.15) is 0 Å². The number of rotatable bonds is 31. The van der Waals surface area contributed by atoms with Gasteiger partial charge in [0.15, 0.2) is 0 Å². The summed E-state index contributed by atoms with van der Waals surface area (Å²) in [6, 6.07) is 0. The first-order chi connectivity index (χ1) is 22.4. The molecular weight excluding hydrogens is 576 g/mol. The van der Waals surface area contributed by atoms with Crippen LogP contribution in [0.25, 0.3) is 0 Å². The van der Waals surface area contributed by atoms with Crippen LogP contribution in [0.5, 0.6) is 0 Å². The maximum atomic E-state index is 11.9. The molecule has 264 valence electrons. The number of unbranched alkanes of at least 4 members (excludes halogenated alkanes) is 10. The smallest absolute Gasteiger partial charge is 0.305 e. The van der Waals surface area contributed by atoms with E-state index in [2.05, 4.69) is 56.4 Å². The third kappa shape index (κ3) is 32.9. The minimum atomic E-state index is -0.997. The Morgan fingerprint density at radius 2 is 1.07 bits per heavy atom. The Morgan fingerprint density at radius 3 is 1.61 bits per heavy atom. The van der Waals surface area contributed by atoms with Gasteiger partial charge < -0.3 is 19.7 Å². The van der Waals surface area contributed by atoms with E-state index < -0.39 is 6.10 Å².